The molecule has 0 saturated carbocycles. The predicted octanol–water partition coefficient (Wildman–Crippen LogP) is 1.64. The maximum atomic E-state index is 13.9. The topological polar surface area (TPSA) is 52.7 Å². The van der Waals surface area contributed by atoms with Crippen molar-refractivity contribution in [1.82, 2.24) is 14.5 Å². The molecule has 1 fully saturated rings. The minimum Gasteiger partial charge on any atom is -0.304 e. The molecule has 1 saturated heterocycles. The number of nitrogens with zero attached hydrogens (tertiary/aromatic N) is 2. The highest BCUT2D eigenvalue weighted by Crippen LogP contribution is 2.21. The molecule has 1 aliphatic heterocycles. The van der Waals surface area contributed by atoms with Gasteiger partial charge in [-0.15, -0.1) is 0 Å². The lowest BCUT2D eigenvalue weighted by Gasteiger charge is -2.33. The monoisotopic (exact) mass is 363 g/mol. The van der Waals surface area contributed by atoms with Gasteiger partial charge in [-0.3, -0.25) is 0 Å². The first-order chi connectivity index (χ1) is 10.8. The molecule has 1 aliphatic rings. The zero-order chi connectivity index (χ0) is 17.0. The summed E-state index contributed by atoms with van der Waals surface area (Å²) in [5.41, 5.74) is 0. The van der Waals surface area contributed by atoms with Crippen molar-refractivity contribution >= 4 is 21.6 Å². The second kappa shape index (κ2) is 7.90. The van der Waals surface area contributed by atoms with Crippen LogP contribution in [0.4, 0.5) is 4.39 Å². The van der Waals surface area contributed by atoms with E-state index in [1.807, 2.05) is 6.92 Å². The van der Waals surface area contributed by atoms with E-state index < -0.39 is 20.7 Å². The Balaban J connectivity index is 1.90. The molecule has 0 amide bonds. The Kier molecular flexibility index (Phi) is 6.39. The van der Waals surface area contributed by atoms with Crippen LogP contribution in [0.5, 0.6) is 0 Å². The van der Waals surface area contributed by atoms with E-state index in [1.54, 1.807) is 0 Å². The van der Waals surface area contributed by atoms with E-state index in [9.17, 15) is 12.8 Å². The molecule has 0 bridgehead atoms. The Morgan fingerprint density at radius 2 is 1.96 bits per heavy atom. The molecule has 8 heteroatoms. The van der Waals surface area contributed by atoms with Gasteiger partial charge in [-0.05, 0) is 25.1 Å². The van der Waals surface area contributed by atoms with Gasteiger partial charge in [-0.1, -0.05) is 24.6 Å². The quantitative estimate of drug-likeness (QED) is 0.834. The third-order valence-electron chi connectivity index (χ3n) is 3.99. The summed E-state index contributed by atoms with van der Waals surface area (Å²) in [7, 11) is -1.80. The van der Waals surface area contributed by atoms with Crippen molar-refractivity contribution in [3.8, 4) is 0 Å². The molecular formula is C15H23ClFN3O2S. The summed E-state index contributed by atoms with van der Waals surface area (Å²) >= 11 is 5.65. The van der Waals surface area contributed by atoms with Gasteiger partial charge in [0.25, 0.3) is 0 Å². The van der Waals surface area contributed by atoms with Gasteiger partial charge in [-0.25, -0.2) is 17.5 Å². The highest BCUT2D eigenvalue weighted by Gasteiger charge is 2.22. The van der Waals surface area contributed by atoms with E-state index in [0.29, 0.717) is 0 Å². The van der Waals surface area contributed by atoms with E-state index in [-0.39, 0.29) is 17.5 Å². The number of piperazine rings is 1. The largest absolute Gasteiger partial charge is 0.304 e. The number of likely N-dealkylation sites (N-methyl/N-ethyl adjacent to an activating group) is 1. The Labute approximate surface area is 142 Å². The van der Waals surface area contributed by atoms with Gasteiger partial charge < -0.3 is 9.80 Å². The second-order valence-electron chi connectivity index (χ2n) is 6.11. The maximum Gasteiger partial charge on any atom is 0.243 e. The summed E-state index contributed by atoms with van der Waals surface area (Å²) in [6.45, 7) is 7.07. The van der Waals surface area contributed by atoms with Crippen LogP contribution in [0.3, 0.4) is 0 Å². The molecular weight excluding hydrogens is 341 g/mol. The first-order valence-electron chi connectivity index (χ1n) is 7.64. The number of sulfonamides is 1. The standard InChI is InChI=1S/C15H23ClFN3O2S/c1-12(11-20-8-6-19(2)7-9-20)10-18-23(21,22)14-5-3-4-13(16)15(14)17/h3-5,12,18H,6-11H2,1-2H3. The van der Waals surface area contributed by atoms with Crippen LogP contribution >= 0.6 is 11.6 Å². The van der Waals surface area contributed by atoms with Crippen molar-refractivity contribution in [3.63, 3.8) is 0 Å². The van der Waals surface area contributed by atoms with Crippen LogP contribution in [0.2, 0.25) is 5.02 Å². The summed E-state index contributed by atoms with van der Waals surface area (Å²) in [4.78, 5) is 4.18. The fraction of sp³-hybridized carbons (Fsp3) is 0.600. The zero-order valence-electron chi connectivity index (χ0n) is 13.4. The summed E-state index contributed by atoms with van der Waals surface area (Å²) in [6, 6.07) is 3.97. The minimum atomic E-state index is -3.89. The van der Waals surface area contributed by atoms with E-state index in [2.05, 4.69) is 21.6 Å². The van der Waals surface area contributed by atoms with Crippen LogP contribution in [0.25, 0.3) is 0 Å². The smallest absolute Gasteiger partial charge is 0.243 e. The van der Waals surface area contributed by atoms with E-state index in [1.165, 1.54) is 18.2 Å². The fourth-order valence-corrected chi connectivity index (χ4v) is 4.05. The molecule has 2 rings (SSSR count). The molecule has 1 aromatic rings. The van der Waals surface area contributed by atoms with Gasteiger partial charge in [0.2, 0.25) is 10.0 Å². The Hall–Kier alpha value is -0.730. The number of halogens is 2. The Morgan fingerprint density at radius 3 is 2.61 bits per heavy atom. The molecule has 1 atom stereocenters. The lowest BCUT2D eigenvalue weighted by Crippen LogP contribution is -2.46. The van der Waals surface area contributed by atoms with E-state index in [0.717, 1.165) is 32.7 Å². The van der Waals surface area contributed by atoms with Crippen LogP contribution in [-0.2, 0) is 10.0 Å². The molecule has 1 N–H and O–H groups in total. The van der Waals surface area contributed by atoms with Gasteiger partial charge in [0.05, 0.1) is 5.02 Å². The third-order valence-corrected chi connectivity index (χ3v) is 5.73. The lowest BCUT2D eigenvalue weighted by molar-refractivity contribution is 0.139. The molecule has 0 spiro atoms. The van der Waals surface area contributed by atoms with Crippen LogP contribution in [0.15, 0.2) is 23.1 Å². The SMILES string of the molecule is CC(CNS(=O)(=O)c1cccc(Cl)c1F)CN1CCN(C)CC1. The van der Waals surface area contributed by atoms with Crippen LogP contribution in [0, 0.1) is 11.7 Å². The highest BCUT2D eigenvalue weighted by atomic mass is 35.5. The second-order valence-corrected chi connectivity index (χ2v) is 8.26. The average molecular weight is 364 g/mol. The average Bonchev–Trinajstić information content (AvgIpc) is 2.50. The van der Waals surface area contributed by atoms with Crippen molar-refractivity contribution < 1.29 is 12.8 Å². The molecule has 130 valence electrons. The summed E-state index contributed by atoms with van der Waals surface area (Å²) in [5.74, 6) is -0.774. The number of hydrogen-bond acceptors (Lipinski definition) is 4. The zero-order valence-corrected chi connectivity index (χ0v) is 15.0. The van der Waals surface area contributed by atoms with Crippen molar-refractivity contribution in [2.75, 3.05) is 46.3 Å². The molecule has 5 nitrogen and oxygen atoms in total. The van der Waals surface area contributed by atoms with Crippen LogP contribution in [0.1, 0.15) is 6.92 Å². The molecule has 23 heavy (non-hydrogen) atoms. The molecule has 0 aromatic heterocycles. The number of benzene rings is 1. The van der Waals surface area contributed by atoms with Gasteiger partial charge in [0, 0.05) is 39.3 Å². The Bertz CT molecular complexity index is 634. The van der Waals surface area contributed by atoms with Gasteiger partial charge in [0.1, 0.15) is 4.90 Å². The van der Waals surface area contributed by atoms with Gasteiger partial charge in [0.15, 0.2) is 5.82 Å². The first kappa shape index (κ1) is 18.6. The van der Waals surface area contributed by atoms with Crippen molar-refractivity contribution in [1.29, 1.82) is 0 Å². The summed E-state index contributed by atoms with van der Waals surface area (Å²) in [5, 5.41) is -0.196. The highest BCUT2D eigenvalue weighted by molar-refractivity contribution is 7.89. The number of nitrogens with one attached hydrogen (secondary N) is 1. The minimum absolute atomic E-state index is 0.135. The van der Waals surface area contributed by atoms with Crippen LogP contribution < -0.4 is 4.72 Å². The number of hydrogen-bond donors (Lipinski definition) is 1. The molecule has 1 unspecified atom stereocenters. The van der Waals surface area contributed by atoms with Gasteiger partial charge in [-0.2, -0.15) is 0 Å². The third kappa shape index (κ3) is 5.12. The summed E-state index contributed by atoms with van der Waals surface area (Å²) < 4.78 is 40.8. The first-order valence-corrected chi connectivity index (χ1v) is 9.50. The van der Waals surface area contributed by atoms with Crippen molar-refractivity contribution in [2.24, 2.45) is 5.92 Å². The molecule has 0 radical (unpaired) electrons. The predicted molar refractivity (Wildman–Crippen MR) is 89.7 cm³/mol. The van der Waals surface area contributed by atoms with Gasteiger partial charge >= 0.3 is 0 Å². The maximum absolute atomic E-state index is 13.9. The van der Waals surface area contributed by atoms with E-state index >= 15 is 0 Å². The lowest BCUT2D eigenvalue weighted by atomic mass is 10.1. The van der Waals surface area contributed by atoms with Crippen molar-refractivity contribution in [3.05, 3.63) is 29.0 Å². The fourth-order valence-electron chi connectivity index (χ4n) is 2.56. The van der Waals surface area contributed by atoms with Crippen molar-refractivity contribution in [2.45, 2.75) is 11.8 Å². The summed E-state index contributed by atoms with van der Waals surface area (Å²) in [6.07, 6.45) is 0. The molecule has 0 aliphatic carbocycles. The normalized spacial score (nSPS) is 19.0. The Morgan fingerprint density at radius 1 is 1.30 bits per heavy atom. The van der Waals surface area contributed by atoms with Crippen LogP contribution in [-0.4, -0.2) is 64.5 Å². The molecule has 1 heterocycles. The molecule has 1 aromatic carbocycles. The van der Waals surface area contributed by atoms with E-state index in [4.69, 9.17) is 11.6 Å². The number of rotatable bonds is 6.